The van der Waals surface area contributed by atoms with Gasteiger partial charge >= 0.3 is 11.9 Å². The number of para-hydroxylation sites is 1. The predicted octanol–water partition coefficient (Wildman–Crippen LogP) is 6.34. The number of carboxylic acids is 2. The quantitative estimate of drug-likeness (QED) is 0.218. The van der Waals surface area contributed by atoms with Crippen LogP contribution < -0.4 is 9.47 Å². The van der Waals surface area contributed by atoms with Crippen molar-refractivity contribution in [2.24, 2.45) is 0 Å². The van der Waals surface area contributed by atoms with Gasteiger partial charge in [0.2, 0.25) is 0 Å². The first-order valence-corrected chi connectivity index (χ1v) is 12.9. The van der Waals surface area contributed by atoms with Gasteiger partial charge in [-0.2, -0.15) is 0 Å². The number of unbranched alkanes of at least 4 members (excludes halogenated alkanes) is 7. The molecule has 0 radical (unpaired) electrons. The minimum atomic E-state index is -0.909. The molecule has 0 aliphatic rings. The fraction of sp³-hybridized carbons (Fsp3) is 0.483. The highest BCUT2D eigenvalue weighted by Gasteiger charge is 2.09. The Morgan fingerprint density at radius 3 is 2.25 bits per heavy atom. The summed E-state index contributed by atoms with van der Waals surface area (Å²) in [4.78, 5) is 26.6. The lowest BCUT2D eigenvalue weighted by molar-refractivity contribution is -0.137. The Hall–Kier alpha value is -3.35. The predicted molar refractivity (Wildman–Crippen MR) is 141 cm³/mol. The zero-order chi connectivity index (χ0) is 26.0. The van der Waals surface area contributed by atoms with Crippen molar-refractivity contribution < 1.29 is 29.3 Å². The van der Waals surface area contributed by atoms with E-state index in [1.165, 1.54) is 38.5 Å². The number of hydrogen-bond donors (Lipinski definition) is 2. The summed E-state index contributed by atoms with van der Waals surface area (Å²) in [5.41, 5.74) is 2.00. The number of hydrogen-bond acceptors (Lipinski definition) is 5. The minimum Gasteiger partial charge on any atom is -0.493 e. The summed E-state index contributed by atoms with van der Waals surface area (Å²) >= 11 is 0. The molecule has 0 spiro atoms. The van der Waals surface area contributed by atoms with Gasteiger partial charge in [0.25, 0.3) is 0 Å². The third kappa shape index (κ3) is 11.9. The normalized spacial score (nSPS) is 11.0. The highest BCUT2D eigenvalue weighted by molar-refractivity contribution is 5.71. The van der Waals surface area contributed by atoms with Crippen LogP contribution in [0.25, 0.3) is 6.08 Å². The second-order valence-electron chi connectivity index (χ2n) is 8.79. The minimum absolute atomic E-state index is 0.0904. The van der Waals surface area contributed by atoms with Crippen LogP contribution >= 0.6 is 0 Å². The largest absolute Gasteiger partial charge is 0.493 e. The Bertz CT molecular complexity index is 972. The van der Waals surface area contributed by atoms with E-state index in [4.69, 9.17) is 19.7 Å². The molecule has 7 nitrogen and oxygen atoms in total. The molecular weight excluding hydrogens is 458 g/mol. The van der Waals surface area contributed by atoms with Crippen LogP contribution in [0.1, 0.15) is 81.7 Å². The first kappa shape index (κ1) is 28.9. The Kier molecular flexibility index (Phi) is 13.8. The molecule has 0 saturated carbocycles. The number of aliphatic carboxylic acids is 2. The molecule has 1 aromatic carbocycles. The van der Waals surface area contributed by atoms with Gasteiger partial charge in [-0.1, -0.05) is 76.1 Å². The molecule has 0 atom stereocenters. The topological polar surface area (TPSA) is 106 Å². The lowest BCUT2D eigenvalue weighted by Gasteiger charge is -2.12. The van der Waals surface area contributed by atoms with Gasteiger partial charge in [0, 0.05) is 17.7 Å². The van der Waals surface area contributed by atoms with Gasteiger partial charge in [0.1, 0.15) is 17.2 Å². The number of ether oxygens (including phenoxy) is 2. The van der Waals surface area contributed by atoms with Crippen molar-refractivity contribution >= 4 is 18.0 Å². The first-order valence-electron chi connectivity index (χ1n) is 12.9. The van der Waals surface area contributed by atoms with Crippen LogP contribution in [0.2, 0.25) is 0 Å². The molecule has 2 aromatic rings. The maximum atomic E-state index is 11.1. The lowest BCUT2D eigenvalue weighted by atomic mass is 10.1. The van der Waals surface area contributed by atoms with Crippen LogP contribution in [-0.2, 0) is 22.4 Å². The summed E-state index contributed by atoms with van der Waals surface area (Å²) < 4.78 is 11.8. The molecule has 0 saturated heterocycles. The molecule has 0 amide bonds. The number of benzene rings is 1. The molecule has 1 heterocycles. The third-order valence-corrected chi connectivity index (χ3v) is 5.70. The Morgan fingerprint density at radius 2 is 1.53 bits per heavy atom. The van der Waals surface area contributed by atoms with E-state index in [0.29, 0.717) is 42.4 Å². The van der Waals surface area contributed by atoms with E-state index in [0.717, 1.165) is 18.5 Å². The fourth-order valence-electron chi connectivity index (χ4n) is 3.79. The van der Waals surface area contributed by atoms with Crippen LogP contribution in [-0.4, -0.2) is 40.3 Å². The molecule has 2 rings (SSSR count). The summed E-state index contributed by atoms with van der Waals surface area (Å²) in [7, 11) is 0. The van der Waals surface area contributed by atoms with Crippen LogP contribution in [0.15, 0.2) is 42.5 Å². The summed E-state index contributed by atoms with van der Waals surface area (Å²) in [6.45, 7) is 3.15. The molecule has 0 fully saturated rings. The Balaban J connectivity index is 1.91. The van der Waals surface area contributed by atoms with Crippen LogP contribution in [0.5, 0.6) is 11.5 Å². The molecule has 0 aliphatic carbocycles. The molecule has 0 unspecified atom stereocenters. The maximum Gasteiger partial charge on any atom is 0.307 e. The van der Waals surface area contributed by atoms with E-state index >= 15 is 0 Å². The van der Waals surface area contributed by atoms with Gasteiger partial charge in [0.05, 0.1) is 26.1 Å². The van der Waals surface area contributed by atoms with Crippen molar-refractivity contribution in [2.45, 2.75) is 77.6 Å². The van der Waals surface area contributed by atoms with Crippen LogP contribution in [0.4, 0.5) is 0 Å². The van der Waals surface area contributed by atoms with Crippen molar-refractivity contribution in [3.8, 4) is 11.5 Å². The van der Waals surface area contributed by atoms with E-state index in [-0.39, 0.29) is 12.8 Å². The van der Waals surface area contributed by atoms with Crippen molar-refractivity contribution in [2.75, 3.05) is 13.2 Å². The number of carbonyl (C=O) groups is 2. The molecule has 36 heavy (non-hydrogen) atoms. The number of rotatable bonds is 19. The second-order valence-corrected chi connectivity index (χ2v) is 8.79. The van der Waals surface area contributed by atoms with E-state index in [1.54, 1.807) is 30.4 Å². The zero-order valence-electron chi connectivity index (χ0n) is 21.3. The standard InChI is InChI=1S/C29H39NO6/c1-2-3-4-5-6-7-8-11-20-35-27-18-17-24(30-25(27)14-12-16-28(31)32)19-21-36-26-15-10-9-13-23(26)22-29(33)34/h9-10,12-15,17-18H,2-8,11,16,19-22H2,1H3,(H,31,32)(H,33,34). The van der Waals surface area contributed by atoms with Crippen molar-refractivity contribution in [1.29, 1.82) is 0 Å². The van der Waals surface area contributed by atoms with E-state index in [9.17, 15) is 9.59 Å². The molecule has 196 valence electrons. The number of aromatic nitrogens is 1. The van der Waals surface area contributed by atoms with E-state index in [2.05, 4.69) is 11.9 Å². The van der Waals surface area contributed by atoms with Crippen LogP contribution in [0.3, 0.4) is 0 Å². The lowest BCUT2D eigenvalue weighted by Crippen LogP contribution is -2.08. The summed E-state index contributed by atoms with van der Waals surface area (Å²) in [6.07, 6.45) is 13.3. The smallest absolute Gasteiger partial charge is 0.307 e. The van der Waals surface area contributed by atoms with Crippen LogP contribution in [0, 0.1) is 0 Å². The molecular formula is C29H39NO6. The van der Waals surface area contributed by atoms with Crippen molar-refractivity contribution in [1.82, 2.24) is 4.98 Å². The zero-order valence-corrected chi connectivity index (χ0v) is 21.3. The summed E-state index contributed by atoms with van der Waals surface area (Å²) in [5.74, 6) is -0.631. The van der Waals surface area contributed by atoms with Crippen molar-refractivity contribution in [3.05, 3.63) is 59.4 Å². The monoisotopic (exact) mass is 497 g/mol. The molecule has 7 heteroatoms. The SMILES string of the molecule is CCCCCCCCCCOc1ccc(CCOc2ccccc2CC(=O)O)nc1C=CCC(=O)O. The Morgan fingerprint density at radius 1 is 0.833 bits per heavy atom. The van der Waals surface area contributed by atoms with Gasteiger partial charge in [-0.25, -0.2) is 4.98 Å². The van der Waals surface area contributed by atoms with Gasteiger partial charge < -0.3 is 19.7 Å². The molecule has 2 N–H and O–H groups in total. The van der Waals surface area contributed by atoms with Gasteiger partial charge in [-0.3, -0.25) is 9.59 Å². The average Bonchev–Trinajstić information content (AvgIpc) is 2.84. The fourth-order valence-corrected chi connectivity index (χ4v) is 3.79. The molecule has 0 bridgehead atoms. The number of nitrogens with zero attached hydrogens (tertiary/aromatic N) is 1. The number of pyridine rings is 1. The average molecular weight is 498 g/mol. The Labute approximate surface area is 214 Å². The van der Waals surface area contributed by atoms with Gasteiger partial charge in [-0.05, 0) is 30.7 Å². The van der Waals surface area contributed by atoms with E-state index in [1.807, 2.05) is 18.2 Å². The maximum absolute atomic E-state index is 11.1. The van der Waals surface area contributed by atoms with Crippen molar-refractivity contribution in [3.63, 3.8) is 0 Å². The highest BCUT2D eigenvalue weighted by atomic mass is 16.5. The van der Waals surface area contributed by atoms with Gasteiger partial charge in [0.15, 0.2) is 0 Å². The van der Waals surface area contributed by atoms with E-state index < -0.39 is 11.9 Å². The summed E-state index contributed by atoms with van der Waals surface area (Å²) in [6, 6.07) is 10.8. The second kappa shape index (κ2) is 17.1. The molecule has 0 aliphatic heterocycles. The molecule has 1 aromatic heterocycles. The number of carboxylic acid groups (broad SMARTS) is 2. The first-order chi connectivity index (χ1) is 17.5. The highest BCUT2D eigenvalue weighted by Crippen LogP contribution is 2.22. The third-order valence-electron chi connectivity index (χ3n) is 5.70. The van der Waals surface area contributed by atoms with Gasteiger partial charge in [-0.15, -0.1) is 0 Å². The summed E-state index contributed by atoms with van der Waals surface area (Å²) in [5, 5.41) is 18.0.